The monoisotopic (exact) mass is 425 g/mol. The van der Waals surface area contributed by atoms with E-state index in [0.717, 1.165) is 56.4 Å². The predicted octanol–water partition coefficient (Wildman–Crippen LogP) is 6.01. The number of ether oxygens (including phenoxy) is 1. The second-order valence-electron chi connectivity index (χ2n) is 7.00. The molecule has 0 saturated carbocycles. The van der Waals surface area contributed by atoms with Crippen LogP contribution in [0, 0.1) is 12.7 Å². The lowest BCUT2D eigenvalue weighted by Crippen LogP contribution is -2.07. The highest BCUT2D eigenvalue weighted by Gasteiger charge is 2.16. The molecule has 3 heterocycles. The van der Waals surface area contributed by atoms with E-state index in [1.807, 2.05) is 31.4 Å². The third-order valence-corrected chi connectivity index (χ3v) is 5.87. The fraction of sp³-hybridized carbons (Fsp3) is 0.304. The summed E-state index contributed by atoms with van der Waals surface area (Å²) in [6.45, 7) is 7.18. The molecule has 30 heavy (non-hydrogen) atoms. The Morgan fingerprint density at radius 2 is 2.03 bits per heavy atom. The number of benzene rings is 1. The predicted molar refractivity (Wildman–Crippen MR) is 119 cm³/mol. The summed E-state index contributed by atoms with van der Waals surface area (Å²) in [6.07, 6.45) is 3.04. The normalized spacial score (nSPS) is 11.2. The van der Waals surface area contributed by atoms with Gasteiger partial charge in [-0.1, -0.05) is 6.92 Å². The fourth-order valence-corrected chi connectivity index (χ4v) is 4.38. The summed E-state index contributed by atoms with van der Waals surface area (Å²) in [5.74, 6) is 2.28. The van der Waals surface area contributed by atoms with Crippen molar-refractivity contribution in [3.63, 3.8) is 0 Å². The number of thiophene rings is 1. The number of rotatable bonds is 8. The Labute approximate surface area is 178 Å². The van der Waals surface area contributed by atoms with Gasteiger partial charge in [-0.15, -0.1) is 11.3 Å². The van der Waals surface area contributed by atoms with Crippen molar-refractivity contribution < 1.29 is 13.5 Å². The van der Waals surface area contributed by atoms with Crippen molar-refractivity contribution in [1.29, 1.82) is 0 Å². The maximum atomic E-state index is 14.0. The molecular formula is C23H24FN3O2S. The number of hydrogen-bond acceptors (Lipinski definition) is 6. The van der Waals surface area contributed by atoms with E-state index in [0.29, 0.717) is 19.6 Å². The van der Waals surface area contributed by atoms with E-state index in [1.54, 1.807) is 23.7 Å². The summed E-state index contributed by atoms with van der Waals surface area (Å²) in [6, 6.07) is 7.00. The van der Waals surface area contributed by atoms with Gasteiger partial charge in [0.1, 0.15) is 35.1 Å². The lowest BCUT2D eigenvalue weighted by molar-refractivity contribution is 0.342. The smallest absolute Gasteiger partial charge is 0.137 e. The standard InChI is InChI=1S/C23H24FN3O2S/c1-4-20-17(18-9-15(24)8-14(3)23(18)29-20)6-7-25-22-11-19(26-13-27-22)21-10-16(12-30-21)28-5-2/h8-13H,4-7H2,1-3H3,(H,25,26,27). The summed E-state index contributed by atoms with van der Waals surface area (Å²) in [5, 5.41) is 6.19. The van der Waals surface area contributed by atoms with E-state index in [4.69, 9.17) is 9.15 Å². The average molecular weight is 426 g/mol. The molecule has 5 nitrogen and oxygen atoms in total. The Morgan fingerprint density at radius 1 is 1.17 bits per heavy atom. The summed E-state index contributed by atoms with van der Waals surface area (Å²) in [5.41, 5.74) is 3.50. The second kappa shape index (κ2) is 8.83. The van der Waals surface area contributed by atoms with Gasteiger partial charge in [-0.05, 0) is 38.0 Å². The summed E-state index contributed by atoms with van der Waals surface area (Å²) in [7, 11) is 0. The fourth-order valence-electron chi connectivity index (χ4n) is 3.58. The van der Waals surface area contributed by atoms with Gasteiger partial charge in [0.15, 0.2) is 0 Å². The summed E-state index contributed by atoms with van der Waals surface area (Å²) in [4.78, 5) is 9.74. The van der Waals surface area contributed by atoms with Crippen LogP contribution >= 0.6 is 11.3 Å². The van der Waals surface area contributed by atoms with Crippen LogP contribution in [-0.2, 0) is 12.8 Å². The quantitative estimate of drug-likeness (QED) is 0.374. The summed E-state index contributed by atoms with van der Waals surface area (Å²) < 4.78 is 25.5. The molecule has 156 valence electrons. The number of aryl methyl sites for hydroxylation is 2. The van der Waals surface area contributed by atoms with Gasteiger partial charge in [-0.2, -0.15) is 0 Å². The minimum atomic E-state index is -0.236. The van der Waals surface area contributed by atoms with Gasteiger partial charge in [0, 0.05) is 41.4 Å². The minimum Gasteiger partial charge on any atom is -0.493 e. The molecule has 0 fully saturated rings. The van der Waals surface area contributed by atoms with Gasteiger partial charge >= 0.3 is 0 Å². The molecule has 0 aliphatic rings. The molecule has 4 aromatic rings. The molecule has 0 saturated heterocycles. The number of fused-ring (bicyclic) bond motifs is 1. The molecule has 1 aromatic carbocycles. The van der Waals surface area contributed by atoms with Crippen molar-refractivity contribution >= 4 is 28.1 Å². The zero-order valence-electron chi connectivity index (χ0n) is 17.3. The molecule has 0 unspecified atom stereocenters. The second-order valence-corrected chi connectivity index (χ2v) is 7.91. The van der Waals surface area contributed by atoms with Gasteiger partial charge < -0.3 is 14.5 Å². The SMILES string of the molecule is CCOc1csc(-c2cc(NCCc3c(CC)oc4c(C)cc(F)cc34)ncn2)c1. The third kappa shape index (κ3) is 4.16. The van der Waals surface area contributed by atoms with Gasteiger partial charge in [-0.3, -0.25) is 0 Å². The Kier molecular flexibility index (Phi) is 5.99. The van der Waals surface area contributed by atoms with Crippen LogP contribution in [-0.4, -0.2) is 23.1 Å². The molecule has 0 aliphatic carbocycles. The van der Waals surface area contributed by atoms with Crippen LogP contribution in [0.15, 0.2) is 40.4 Å². The van der Waals surface area contributed by atoms with Crippen LogP contribution in [0.4, 0.5) is 10.2 Å². The zero-order chi connectivity index (χ0) is 21.1. The van der Waals surface area contributed by atoms with Crippen molar-refractivity contribution in [2.24, 2.45) is 0 Å². The molecule has 1 N–H and O–H groups in total. The highest BCUT2D eigenvalue weighted by Crippen LogP contribution is 2.32. The third-order valence-electron chi connectivity index (χ3n) is 4.93. The highest BCUT2D eigenvalue weighted by molar-refractivity contribution is 7.13. The van der Waals surface area contributed by atoms with Crippen molar-refractivity contribution in [2.45, 2.75) is 33.6 Å². The van der Waals surface area contributed by atoms with E-state index in [2.05, 4.69) is 22.2 Å². The Balaban J connectivity index is 1.49. The maximum absolute atomic E-state index is 14.0. The van der Waals surface area contributed by atoms with Gasteiger partial charge in [0.05, 0.1) is 17.2 Å². The van der Waals surface area contributed by atoms with E-state index >= 15 is 0 Å². The number of anilines is 1. The first-order chi connectivity index (χ1) is 14.6. The number of furan rings is 1. The van der Waals surface area contributed by atoms with Crippen LogP contribution < -0.4 is 10.1 Å². The van der Waals surface area contributed by atoms with Gasteiger partial charge in [0.25, 0.3) is 0 Å². The van der Waals surface area contributed by atoms with E-state index in [9.17, 15) is 4.39 Å². The van der Waals surface area contributed by atoms with Crippen LogP contribution in [0.1, 0.15) is 30.7 Å². The first kappa shape index (κ1) is 20.3. The van der Waals surface area contributed by atoms with Crippen LogP contribution in [0.2, 0.25) is 0 Å². The largest absolute Gasteiger partial charge is 0.493 e. The van der Waals surface area contributed by atoms with Gasteiger partial charge in [-0.25, -0.2) is 14.4 Å². The number of aromatic nitrogens is 2. The van der Waals surface area contributed by atoms with Crippen LogP contribution in [0.5, 0.6) is 5.75 Å². The zero-order valence-corrected chi connectivity index (χ0v) is 18.1. The molecule has 0 aliphatic heterocycles. The number of nitrogens with one attached hydrogen (secondary N) is 1. The lowest BCUT2D eigenvalue weighted by atomic mass is 10.0. The lowest BCUT2D eigenvalue weighted by Gasteiger charge is -2.07. The van der Waals surface area contributed by atoms with Crippen molar-refractivity contribution in [2.75, 3.05) is 18.5 Å². The molecule has 0 atom stereocenters. The van der Waals surface area contributed by atoms with Crippen LogP contribution in [0.25, 0.3) is 21.5 Å². The number of nitrogens with zero attached hydrogens (tertiary/aromatic N) is 2. The highest BCUT2D eigenvalue weighted by atomic mass is 32.1. The van der Waals surface area contributed by atoms with E-state index in [1.165, 1.54) is 6.07 Å². The molecular weight excluding hydrogens is 401 g/mol. The van der Waals surface area contributed by atoms with Crippen molar-refractivity contribution in [3.05, 3.63) is 58.7 Å². The topological polar surface area (TPSA) is 60.2 Å². The molecule has 0 amide bonds. The van der Waals surface area contributed by atoms with E-state index < -0.39 is 0 Å². The van der Waals surface area contributed by atoms with Crippen LogP contribution in [0.3, 0.4) is 0 Å². The first-order valence-electron chi connectivity index (χ1n) is 10.1. The minimum absolute atomic E-state index is 0.236. The Hall–Kier alpha value is -2.93. The average Bonchev–Trinajstić information content (AvgIpc) is 3.34. The van der Waals surface area contributed by atoms with Crippen molar-refractivity contribution in [3.8, 4) is 16.3 Å². The number of halogens is 1. The Bertz CT molecular complexity index is 1170. The molecule has 7 heteroatoms. The molecule has 0 spiro atoms. The number of hydrogen-bond donors (Lipinski definition) is 1. The molecule has 0 bridgehead atoms. The first-order valence-corrected chi connectivity index (χ1v) is 10.9. The van der Waals surface area contributed by atoms with E-state index in [-0.39, 0.29) is 5.82 Å². The maximum Gasteiger partial charge on any atom is 0.137 e. The van der Waals surface area contributed by atoms with Gasteiger partial charge in [0.2, 0.25) is 0 Å². The molecule has 3 aromatic heterocycles. The van der Waals surface area contributed by atoms with Crippen molar-refractivity contribution in [1.82, 2.24) is 9.97 Å². The molecule has 0 radical (unpaired) electrons. The Morgan fingerprint density at radius 3 is 2.83 bits per heavy atom. The molecule has 4 rings (SSSR count). The summed E-state index contributed by atoms with van der Waals surface area (Å²) >= 11 is 1.59.